The smallest absolute Gasteiger partial charge is 0.0558 e. The van der Waals surface area contributed by atoms with Crippen molar-refractivity contribution in [3.63, 3.8) is 0 Å². The van der Waals surface area contributed by atoms with Crippen LogP contribution in [0.3, 0.4) is 0 Å². The van der Waals surface area contributed by atoms with Crippen molar-refractivity contribution in [3.05, 3.63) is 42.0 Å². The molecule has 3 heteroatoms. The maximum atomic E-state index is 8.92. The van der Waals surface area contributed by atoms with E-state index in [-0.39, 0.29) is 13.2 Å². The van der Waals surface area contributed by atoms with Crippen molar-refractivity contribution < 1.29 is 10.2 Å². The van der Waals surface area contributed by atoms with E-state index in [4.69, 9.17) is 10.2 Å². The van der Waals surface area contributed by atoms with E-state index < -0.39 is 0 Å². The van der Waals surface area contributed by atoms with Gasteiger partial charge in [0.05, 0.1) is 6.61 Å². The summed E-state index contributed by atoms with van der Waals surface area (Å²) in [6.45, 7) is 2.62. The summed E-state index contributed by atoms with van der Waals surface area (Å²) in [4.78, 5) is 2.12. The molecular weight excluding hydrogens is 214 g/mol. The molecule has 1 aromatic carbocycles. The highest BCUT2D eigenvalue weighted by Crippen LogP contribution is 2.01. The Bertz CT molecular complexity index is 311. The van der Waals surface area contributed by atoms with E-state index in [9.17, 15) is 0 Å². The highest BCUT2D eigenvalue weighted by molar-refractivity contribution is 5.48. The Morgan fingerprint density at radius 3 is 2.41 bits per heavy atom. The van der Waals surface area contributed by atoms with Crippen LogP contribution in [0.1, 0.15) is 12.0 Å². The van der Waals surface area contributed by atoms with Crippen molar-refractivity contribution in [2.75, 3.05) is 32.8 Å². The lowest BCUT2D eigenvalue weighted by molar-refractivity contribution is 0.191. The summed E-state index contributed by atoms with van der Waals surface area (Å²) < 4.78 is 0. The molecule has 0 saturated carbocycles. The topological polar surface area (TPSA) is 43.7 Å². The minimum Gasteiger partial charge on any atom is -0.396 e. The number of nitrogens with zero attached hydrogens (tertiary/aromatic N) is 1. The van der Waals surface area contributed by atoms with Gasteiger partial charge in [0.25, 0.3) is 0 Å². The molecule has 2 N–H and O–H groups in total. The summed E-state index contributed by atoms with van der Waals surface area (Å²) in [6.07, 6.45) is 4.91. The van der Waals surface area contributed by atoms with E-state index in [0.717, 1.165) is 19.5 Å². The van der Waals surface area contributed by atoms with Crippen molar-refractivity contribution >= 4 is 6.08 Å². The number of benzene rings is 1. The van der Waals surface area contributed by atoms with Gasteiger partial charge < -0.3 is 10.2 Å². The van der Waals surface area contributed by atoms with Crippen LogP contribution >= 0.6 is 0 Å². The molecule has 94 valence electrons. The molecule has 0 aromatic heterocycles. The van der Waals surface area contributed by atoms with Gasteiger partial charge in [-0.3, -0.25) is 4.90 Å². The molecule has 0 fully saturated rings. The van der Waals surface area contributed by atoms with Crippen LogP contribution < -0.4 is 0 Å². The van der Waals surface area contributed by atoms with Gasteiger partial charge in [-0.15, -0.1) is 0 Å². The largest absolute Gasteiger partial charge is 0.396 e. The Labute approximate surface area is 103 Å². The van der Waals surface area contributed by atoms with Gasteiger partial charge in [0.2, 0.25) is 0 Å². The zero-order chi connectivity index (χ0) is 12.3. The van der Waals surface area contributed by atoms with Crippen molar-refractivity contribution in [1.29, 1.82) is 0 Å². The molecular formula is C14H21NO2. The maximum Gasteiger partial charge on any atom is 0.0558 e. The van der Waals surface area contributed by atoms with Gasteiger partial charge in [-0.1, -0.05) is 42.5 Å². The lowest BCUT2D eigenvalue weighted by Crippen LogP contribution is -2.28. The van der Waals surface area contributed by atoms with Gasteiger partial charge >= 0.3 is 0 Å². The fourth-order valence-electron chi connectivity index (χ4n) is 1.63. The Kier molecular flexibility index (Phi) is 7.30. The van der Waals surface area contributed by atoms with Crippen LogP contribution in [0.15, 0.2) is 36.4 Å². The second-order valence-electron chi connectivity index (χ2n) is 3.91. The molecule has 1 aromatic rings. The van der Waals surface area contributed by atoms with Crippen LogP contribution in [0.2, 0.25) is 0 Å². The van der Waals surface area contributed by atoms with Crippen LogP contribution in [0, 0.1) is 0 Å². The molecule has 1 rings (SSSR count). The number of hydrogen-bond acceptors (Lipinski definition) is 3. The van der Waals surface area contributed by atoms with Gasteiger partial charge in [0.15, 0.2) is 0 Å². The number of rotatable bonds is 8. The summed E-state index contributed by atoms with van der Waals surface area (Å²) in [5.41, 5.74) is 1.18. The van der Waals surface area contributed by atoms with Gasteiger partial charge in [0, 0.05) is 26.2 Å². The summed E-state index contributed by atoms with van der Waals surface area (Å²) in [6, 6.07) is 10.1. The molecule has 0 unspecified atom stereocenters. The number of aliphatic hydroxyl groups excluding tert-OH is 2. The van der Waals surface area contributed by atoms with Crippen molar-refractivity contribution in [1.82, 2.24) is 4.90 Å². The second kappa shape index (κ2) is 8.93. The van der Waals surface area contributed by atoms with Crippen molar-refractivity contribution in [2.45, 2.75) is 6.42 Å². The fraction of sp³-hybridized carbons (Fsp3) is 0.429. The van der Waals surface area contributed by atoms with E-state index in [0.29, 0.717) is 6.54 Å². The lowest BCUT2D eigenvalue weighted by Gasteiger charge is -2.18. The van der Waals surface area contributed by atoms with E-state index >= 15 is 0 Å². The SMILES string of the molecule is OCCCN(C/C=C/c1ccccc1)CCO. The first-order valence-electron chi connectivity index (χ1n) is 6.02. The highest BCUT2D eigenvalue weighted by atomic mass is 16.3. The Hall–Kier alpha value is -1.16. The Morgan fingerprint density at radius 2 is 1.76 bits per heavy atom. The second-order valence-corrected chi connectivity index (χ2v) is 3.91. The van der Waals surface area contributed by atoms with Crippen LogP contribution in [-0.4, -0.2) is 48.0 Å². The van der Waals surface area contributed by atoms with Crippen molar-refractivity contribution in [3.8, 4) is 0 Å². The number of hydrogen-bond donors (Lipinski definition) is 2. The standard InChI is InChI=1S/C14H21NO2/c16-12-5-10-15(11-13-17)9-4-8-14-6-2-1-3-7-14/h1-4,6-8,16-17H,5,9-13H2/b8-4+. The summed E-state index contributed by atoms with van der Waals surface area (Å²) in [5, 5.41) is 17.7. The predicted molar refractivity (Wildman–Crippen MR) is 70.7 cm³/mol. The Morgan fingerprint density at radius 1 is 1.00 bits per heavy atom. The summed E-state index contributed by atoms with van der Waals surface area (Å²) in [5.74, 6) is 0. The average molecular weight is 235 g/mol. The van der Waals surface area contributed by atoms with Gasteiger partial charge in [-0.05, 0) is 12.0 Å². The molecule has 0 aliphatic rings. The molecule has 0 aliphatic heterocycles. The first-order chi connectivity index (χ1) is 8.36. The Balaban J connectivity index is 2.37. The monoisotopic (exact) mass is 235 g/mol. The zero-order valence-corrected chi connectivity index (χ0v) is 10.1. The van der Waals surface area contributed by atoms with Crippen LogP contribution in [0.4, 0.5) is 0 Å². The van der Waals surface area contributed by atoms with E-state index in [1.807, 2.05) is 18.2 Å². The van der Waals surface area contributed by atoms with Crippen LogP contribution in [-0.2, 0) is 0 Å². The van der Waals surface area contributed by atoms with E-state index in [1.165, 1.54) is 5.56 Å². The quantitative estimate of drug-likeness (QED) is 0.715. The molecule has 0 heterocycles. The average Bonchev–Trinajstić information content (AvgIpc) is 2.37. The fourth-order valence-corrected chi connectivity index (χ4v) is 1.63. The minimum atomic E-state index is 0.157. The molecule has 0 atom stereocenters. The first kappa shape index (κ1) is 13.9. The predicted octanol–water partition coefficient (Wildman–Crippen LogP) is 1.38. The van der Waals surface area contributed by atoms with E-state index in [2.05, 4.69) is 29.2 Å². The van der Waals surface area contributed by atoms with Crippen LogP contribution in [0.5, 0.6) is 0 Å². The molecule has 0 amide bonds. The third-order valence-corrected chi connectivity index (χ3v) is 2.52. The zero-order valence-electron chi connectivity index (χ0n) is 10.1. The molecule has 0 aliphatic carbocycles. The molecule has 0 spiro atoms. The first-order valence-corrected chi connectivity index (χ1v) is 6.02. The lowest BCUT2D eigenvalue weighted by atomic mass is 10.2. The normalized spacial score (nSPS) is 11.5. The molecule has 17 heavy (non-hydrogen) atoms. The molecule has 0 saturated heterocycles. The molecule has 0 radical (unpaired) electrons. The third kappa shape index (κ3) is 6.22. The maximum absolute atomic E-state index is 8.92. The number of aliphatic hydroxyl groups is 2. The minimum absolute atomic E-state index is 0.157. The van der Waals surface area contributed by atoms with Crippen LogP contribution in [0.25, 0.3) is 6.08 Å². The highest BCUT2D eigenvalue weighted by Gasteiger charge is 2.00. The molecule has 0 bridgehead atoms. The van der Waals surface area contributed by atoms with E-state index in [1.54, 1.807) is 0 Å². The molecule has 3 nitrogen and oxygen atoms in total. The third-order valence-electron chi connectivity index (χ3n) is 2.52. The van der Waals surface area contributed by atoms with Gasteiger partial charge in [-0.2, -0.15) is 0 Å². The summed E-state index contributed by atoms with van der Waals surface area (Å²) in [7, 11) is 0. The van der Waals surface area contributed by atoms with Gasteiger partial charge in [0.1, 0.15) is 0 Å². The summed E-state index contributed by atoms with van der Waals surface area (Å²) >= 11 is 0. The van der Waals surface area contributed by atoms with Crippen molar-refractivity contribution in [2.24, 2.45) is 0 Å². The van der Waals surface area contributed by atoms with Gasteiger partial charge in [-0.25, -0.2) is 0 Å².